The summed E-state index contributed by atoms with van der Waals surface area (Å²) in [6.45, 7) is 4.40. The third-order valence-corrected chi connectivity index (χ3v) is 8.71. The highest BCUT2D eigenvalue weighted by molar-refractivity contribution is 9.10. The van der Waals surface area contributed by atoms with Crippen molar-refractivity contribution in [3.8, 4) is 5.69 Å². The van der Waals surface area contributed by atoms with Crippen LogP contribution in [-0.2, 0) is 0 Å². The number of thiocarbonyl (C=S) groups is 1. The first-order valence-electron chi connectivity index (χ1n) is 13.0. The van der Waals surface area contributed by atoms with Crippen LogP contribution in [0.2, 0.25) is 5.02 Å². The summed E-state index contributed by atoms with van der Waals surface area (Å²) in [6, 6.07) is 24.7. The molecule has 2 aromatic heterocycles. The lowest BCUT2D eigenvalue weighted by molar-refractivity contribution is 0.438. The number of aromatic nitrogens is 2. The van der Waals surface area contributed by atoms with Crippen molar-refractivity contribution in [2.45, 2.75) is 31.8 Å². The molecule has 8 heteroatoms. The molecule has 2 fully saturated rings. The predicted molar refractivity (Wildman–Crippen MR) is 163 cm³/mol. The monoisotopic (exact) mass is 605 g/mol. The number of hydrogen-bond acceptors (Lipinski definition) is 3. The van der Waals surface area contributed by atoms with Crippen molar-refractivity contribution < 1.29 is 0 Å². The number of halogens is 2. The molecule has 2 atom stereocenters. The average molecular weight is 607 g/mol. The van der Waals surface area contributed by atoms with Gasteiger partial charge in [0, 0.05) is 47.0 Å². The molecule has 2 saturated heterocycles. The first-order valence-corrected chi connectivity index (χ1v) is 14.6. The minimum absolute atomic E-state index is 0.133. The van der Waals surface area contributed by atoms with Crippen LogP contribution in [0.5, 0.6) is 0 Å². The fourth-order valence-corrected chi connectivity index (χ4v) is 6.61. The van der Waals surface area contributed by atoms with Gasteiger partial charge in [-0.3, -0.25) is 4.98 Å². The number of pyridine rings is 1. The van der Waals surface area contributed by atoms with Gasteiger partial charge < -0.3 is 19.7 Å². The van der Waals surface area contributed by atoms with Crippen LogP contribution in [0, 0.1) is 5.92 Å². The molecule has 0 amide bonds. The van der Waals surface area contributed by atoms with Crippen LogP contribution in [0.4, 0.5) is 11.4 Å². The van der Waals surface area contributed by atoms with Gasteiger partial charge in [0.25, 0.3) is 0 Å². The van der Waals surface area contributed by atoms with Crippen molar-refractivity contribution in [1.82, 2.24) is 14.9 Å². The highest BCUT2D eigenvalue weighted by Crippen LogP contribution is 2.44. The van der Waals surface area contributed by atoms with E-state index in [1.54, 1.807) is 0 Å². The largest absolute Gasteiger partial charge is 0.370 e. The molecule has 2 unspecified atom stereocenters. The maximum Gasteiger partial charge on any atom is 0.174 e. The highest BCUT2D eigenvalue weighted by atomic mass is 79.9. The molecule has 0 spiro atoms. The van der Waals surface area contributed by atoms with Crippen molar-refractivity contribution in [3.63, 3.8) is 0 Å². The molecular formula is C30H29BrClN5S. The molecule has 0 saturated carbocycles. The minimum Gasteiger partial charge on any atom is -0.370 e. The van der Waals surface area contributed by atoms with E-state index in [0.717, 1.165) is 57.0 Å². The van der Waals surface area contributed by atoms with Crippen molar-refractivity contribution in [1.29, 1.82) is 0 Å². The van der Waals surface area contributed by atoms with Crippen LogP contribution in [-0.4, -0.2) is 27.8 Å². The Morgan fingerprint density at radius 1 is 0.974 bits per heavy atom. The van der Waals surface area contributed by atoms with Crippen LogP contribution in [0.3, 0.4) is 0 Å². The summed E-state index contributed by atoms with van der Waals surface area (Å²) in [7, 11) is 0. The van der Waals surface area contributed by atoms with E-state index in [4.69, 9.17) is 28.8 Å². The second-order valence-electron chi connectivity index (χ2n) is 10.1. The number of benzene rings is 2. The third kappa shape index (κ3) is 4.83. The Morgan fingerprint density at radius 2 is 1.82 bits per heavy atom. The summed E-state index contributed by atoms with van der Waals surface area (Å²) in [6.07, 6.45) is 6.31. The number of anilines is 2. The summed E-state index contributed by atoms with van der Waals surface area (Å²) in [4.78, 5) is 9.29. The van der Waals surface area contributed by atoms with E-state index in [-0.39, 0.29) is 12.1 Å². The zero-order valence-electron chi connectivity index (χ0n) is 21.1. The first kappa shape index (κ1) is 25.4. The molecule has 2 aliphatic heterocycles. The summed E-state index contributed by atoms with van der Waals surface area (Å²) < 4.78 is 3.25. The Labute approximate surface area is 242 Å². The molecule has 38 heavy (non-hydrogen) atoms. The Bertz CT molecular complexity index is 1450. The molecule has 0 bridgehead atoms. The lowest BCUT2D eigenvalue weighted by atomic mass is 9.98. The van der Waals surface area contributed by atoms with Crippen molar-refractivity contribution in [3.05, 3.63) is 106 Å². The van der Waals surface area contributed by atoms with E-state index in [9.17, 15) is 0 Å². The van der Waals surface area contributed by atoms with Crippen molar-refractivity contribution in [2.24, 2.45) is 5.92 Å². The smallest absolute Gasteiger partial charge is 0.174 e. The lowest BCUT2D eigenvalue weighted by Gasteiger charge is -2.33. The van der Waals surface area contributed by atoms with Crippen LogP contribution < -0.4 is 15.1 Å². The maximum atomic E-state index is 6.94. The van der Waals surface area contributed by atoms with Crippen LogP contribution in [0.25, 0.3) is 5.69 Å². The molecule has 5 nitrogen and oxygen atoms in total. The van der Waals surface area contributed by atoms with Gasteiger partial charge in [-0.1, -0.05) is 46.6 Å². The SMILES string of the molecule is CC1CCN(c2ccc(N3C(=S)NC(c4ccccn4)C3c3cccn3-c3cccc(Br)c3)cc2Cl)CC1. The molecule has 4 heterocycles. The van der Waals surface area contributed by atoms with E-state index in [1.807, 2.05) is 24.4 Å². The Hall–Kier alpha value is -2.87. The van der Waals surface area contributed by atoms with E-state index >= 15 is 0 Å². The summed E-state index contributed by atoms with van der Waals surface area (Å²) >= 11 is 16.5. The Kier molecular flexibility index (Phi) is 7.16. The summed E-state index contributed by atoms with van der Waals surface area (Å²) in [5.74, 6) is 0.767. The fraction of sp³-hybridized carbons (Fsp3) is 0.267. The average Bonchev–Trinajstić information content (AvgIpc) is 3.54. The van der Waals surface area contributed by atoms with E-state index in [0.29, 0.717) is 5.11 Å². The minimum atomic E-state index is -0.135. The topological polar surface area (TPSA) is 36.3 Å². The van der Waals surface area contributed by atoms with E-state index in [2.05, 4.69) is 103 Å². The fourth-order valence-electron chi connectivity index (χ4n) is 5.58. The molecule has 2 aromatic carbocycles. The molecule has 194 valence electrons. The second kappa shape index (κ2) is 10.7. The molecule has 1 N–H and O–H groups in total. The molecule has 6 rings (SSSR count). The molecule has 0 aliphatic carbocycles. The number of nitrogens with one attached hydrogen (secondary N) is 1. The molecule has 4 aromatic rings. The molecule has 2 aliphatic rings. The number of piperidine rings is 1. The van der Waals surface area contributed by atoms with Crippen LogP contribution >= 0.6 is 39.7 Å². The zero-order chi connectivity index (χ0) is 26.2. The van der Waals surface area contributed by atoms with Crippen LogP contribution in [0.15, 0.2) is 89.7 Å². The number of hydrogen-bond donors (Lipinski definition) is 1. The van der Waals surface area contributed by atoms with Gasteiger partial charge in [-0.25, -0.2) is 0 Å². The van der Waals surface area contributed by atoms with E-state index in [1.165, 1.54) is 12.8 Å². The quantitative estimate of drug-likeness (QED) is 0.236. The summed E-state index contributed by atoms with van der Waals surface area (Å²) in [5.41, 5.74) is 5.18. The van der Waals surface area contributed by atoms with Gasteiger partial charge in [-0.15, -0.1) is 0 Å². The van der Waals surface area contributed by atoms with E-state index < -0.39 is 0 Å². The normalized spacial score (nSPS) is 20.1. The molecular weight excluding hydrogens is 578 g/mol. The van der Waals surface area contributed by atoms with Gasteiger partial charge in [0.15, 0.2) is 5.11 Å². The Morgan fingerprint density at radius 3 is 2.55 bits per heavy atom. The standard InChI is InChI=1S/C30H29BrClN5S/c1-20-12-16-35(17-13-20)26-11-10-23(19-24(26)32)37-29(28(34-30(37)38)25-8-2-3-14-33-25)27-9-5-15-36(27)22-7-4-6-21(31)18-22/h2-11,14-15,18-20,28-29H,12-13,16-17H2,1H3,(H,34,38). The van der Waals surface area contributed by atoms with Crippen LogP contribution in [0.1, 0.15) is 43.2 Å². The van der Waals surface area contributed by atoms with Gasteiger partial charge in [-0.05, 0) is 91.6 Å². The zero-order valence-corrected chi connectivity index (χ0v) is 24.3. The predicted octanol–water partition coefficient (Wildman–Crippen LogP) is 7.70. The van der Waals surface area contributed by atoms with Gasteiger partial charge in [0.1, 0.15) is 6.04 Å². The highest BCUT2D eigenvalue weighted by Gasteiger charge is 2.42. The number of nitrogens with zero attached hydrogens (tertiary/aromatic N) is 4. The molecule has 0 radical (unpaired) electrons. The van der Waals surface area contributed by atoms with Crippen molar-refractivity contribution >= 4 is 56.2 Å². The maximum absolute atomic E-state index is 6.94. The van der Waals surface area contributed by atoms with Gasteiger partial charge >= 0.3 is 0 Å². The summed E-state index contributed by atoms with van der Waals surface area (Å²) in [5, 5.41) is 4.98. The van der Waals surface area contributed by atoms with Gasteiger partial charge in [0.05, 0.1) is 22.4 Å². The first-order chi connectivity index (χ1) is 18.5. The number of rotatable bonds is 5. The second-order valence-corrected chi connectivity index (χ2v) is 11.8. The third-order valence-electron chi connectivity index (χ3n) is 7.60. The van der Waals surface area contributed by atoms with Gasteiger partial charge in [-0.2, -0.15) is 0 Å². The van der Waals surface area contributed by atoms with Crippen molar-refractivity contribution in [2.75, 3.05) is 22.9 Å². The van der Waals surface area contributed by atoms with Gasteiger partial charge in [0.2, 0.25) is 0 Å². The Balaban J connectivity index is 1.42. The lowest BCUT2D eigenvalue weighted by Crippen LogP contribution is -2.33.